The fourth-order valence-electron chi connectivity index (χ4n) is 3.76. The van der Waals surface area contributed by atoms with E-state index in [0.29, 0.717) is 0 Å². The molecule has 0 aromatic heterocycles. The lowest BCUT2D eigenvalue weighted by atomic mass is 9.93. The number of nitrogens with zero attached hydrogens (tertiary/aromatic N) is 2. The van der Waals surface area contributed by atoms with Crippen LogP contribution in [0.1, 0.15) is 17.5 Å². The first kappa shape index (κ1) is 15.1. The highest BCUT2D eigenvalue weighted by Gasteiger charge is 2.23. The Hall–Kier alpha value is -2.42. The third kappa shape index (κ3) is 2.86. The first-order valence-electron chi connectivity index (χ1n) is 8.77. The van der Waals surface area contributed by atoms with E-state index in [1.54, 1.807) is 7.11 Å². The summed E-state index contributed by atoms with van der Waals surface area (Å²) >= 11 is 0. The van der Waals surface area contributed by atoms with Gasteiger partial charge in [0.05, 0.1) is 7.11 Å². The highest BCUT2D eigenvalue weighted by atomic mass is 16.5. The Balaban J connectivity index is 1.51. The van der Waals surface area contributed by atoms with E-state index < -0.39 is 0 Å². The Kier molecular flexibility index (Phi) is 4.16. The van der Waals surface area contributed by atoms with Gasteiger partial charge in [0, 0.05) is 43.1 Å². The fraction of sp³-hybridized carbons (Fsp3) is 0.333. The van der Waals surface area contributed by atoms with E-state index in [2.05, 4.69) is 64.4 Å². The molecule has 1 aliphatic heterocycles. The van der Waals surface area contributed by atoms with Crippen molar-refractivity contribution in [3.8, 4) is 5.75 Å². The summed E-state index contributed by atoms with van der Waals surface area (Å²) in [5.41, 5.74) is 5.52. The third-order valence-corrected chi connectivity index (χ3v) is 5.09. The summed E-state index contributed by atoms with van der Waals surface area (Å²) in [7, 11) is 1.74. The molecule has 0 saturated carbocycles. The first-order valence-corrected chi connectivity index (χ1v) is 8.77. The molecule has 0 spiro atoms. The van der Waals surface area contributed by atoms with Crippen molar-refractivity contribution in [3.05, 3.63) is 65.7 Å². The average molecular weight is 320 g/mol. The number of methoxy groups -OCH3 is 1. The molecule has 0 radical (unpaired) electrons. The Morgan fingerprint density at radius 3 is 2.38 bits per heavy atom. The van der Waals surface area contributed by atoms with Crippen LogP contribution in [0.25, 0.3) is 5.70 Å². The predicted octanol–water partition coefficient (Wildman–Crippen LogP) is 3.80. The Bertz CT molecular complexity index is 731. The second-order valence-corrected chi connectivity index (χ2v) is 6.46. The first-order chi connectivity index (χ1) is 11.8. The summed E-state index contributed by atoms with van der Waals surface area (Å²) in [6, 6.07) is 17.2. The van der Waals surface area contributed by atoms with Gasteiger partial charge >= 0.3 is 0 Å². The Morgan fingerprint density at radius 2 is 1.62 bits per heavy atom. The highest BCUT2D eigenvalue weighted by molar-refractivity contribution is 5.70. The number of para-hydroxylation sites is 1. The van der Waals surface area contributed by atoms with Crippen LogP contribution in [0.2, 0.25) is 0 Å². The van der Waals surface area contributed by atoms with Gasteiger partial charge < -0.3 is 14.5 Å². The summed E-state index contributed by atoms with van der Waals surface area (Å²) in [5.74, 6) is 0.949. The highest BCUT2D eigenvalue weighted by Crippen LogP contribution is 2.33. The van der Waals surface area contributed by atoms with Crippen LogP contribution in [0.5, 0.6) is 5.75 Å². The molecule has 2 aliphatic rings. The van der Waals surface area contributed by atoms with Crippen LogP contribution in [0.3, 0.4) is 0 Å². The monoisotopic (exact) mass is 320 g/mol. The summed E-state index contributed by atoms with van der Waals surface area (Å²) in [4.78, 5) is 5.02. The van der Waals surface area contributed by atoms with Crippen LogP contribution in [0.15, 0.2) is 54.6 Å². The molecule has 4 rings (SSSR count). The van der Waals surface area contributed by atoms with E-state index in [1.807, 2.05) is 0 Å². The number of allylic oxidation sites excluding steroid dienone is 1. The van der Waals surface area contributed by atoms with Gasteiger partial charge in [-0.3, -0.25) is 0 Å². The van der Waals surface area contributed by atoms with Crippen LogP contribution >= 0.6 is 0 Å². The smallest absolute Gasteiger partial charge is 0.119 e. The molecule has 1 aliphatic carbocycles. The van der Waals surface area contributed by atoms with Crippen molar-refractivity contribution in [1.82, 2.24) is 4.90 Å². The number of hydrogen-bond donors (Lipinski definition) is 0. The van der Waals surface area contributed by atoms with E-state index in [4.69, 9.17) is 4.74 Å². The summed E-state index contributed by atoms with van der Waals surface area (Å²) in [6.07, 6.45) is 4.67. The van der Waals surface area contributed by atoms with Crippen LogP contribution in [-0.2, 0) is 6.42 Å². The lowest BCUT2D eigenvalue weighted by Gasteiger charge is -2.39. The van der Waals surface area contributed by atoms with Gasteiger partial charge in [0.1, 0.15) is 5.75 Å². The molecule has 3 nitrogen and oxygen atoms in total. The largest absolute Gasteiger partial charge is 0.497 e. The number of aryl methyl sites for hydroxylation is 1. The van der Waals surface area contributed by atoms with Gasteiger partial charge in [-0.05, 0) is 42.7 Å². The van der Waals surface area contributed by atoms with Crippen LogP contribution in [-0.4, -0.2) is 38.2 Å². The zero-order valence-electron chi connectivity index (χ0n) is 14.2. The molecule has 0 unspecified atom stereocenters. The lowest BCUT2D eigenvalue weighted by molar-refractivity contribution is 0.365. The predicted molar refractivity (Wildman–Crippen MR) is 99.5 cm³/mol. The number of anilines is 1. The van der Waals surface area contributed by atoms with Crippen molar-refractivity contribution < 1.29 is 4.74 Å². The topological polar surface area (TPSA) is 15.7 Å². The number of ether oxygens (including phenoxy) is 1. The molecule has 0 amide bonds. The van der Waals surface area contributed by atoms with Crippen LogP contribution < -0.4 is 9.64 Å². The number of hydrogen-bond acceptors (Lipinski definition) is 3. The second kappa shape index (κ2) is 6.60. The van der Waals surface area contributed by atoms with E-state index in [1.165, 1.54) is 22.5 Å². The molecule has 1 heterocycles. The minimum Gasteiger partial charge on any atom is -0.497 e. The van der Waals surface area contributed by atoms with Gasteiger partial charge in [-0.25, -0.2) is 0 Å². The normalized spacial score (nSPS) is 17.3. The molecule has 2 aromatic rings. The van der Waals surface area contributed by atoms with Crippen molar-refractivity contribution in [3.63, 3.8) is 0 Å². The molecular formula is C21H24N2O. The maximum absolute atomic E-state index is 5.44. The minimum absolute atomic E-state index is 0.949. The molecule has 1 saturated heterocycles. The molecule has 3 heteroatoms. The van der Waals surface area contributed by atoms with E-state index in [-0.39, 0.29) is 0 Å². The SMILES string of the molecule is COc1ccc2c(c1)C(N1CCN(c3ccccc3)CC1)=CCC2. The van der Waals surface area contributed by atoms with Gasteiger partial charge in [0.2, 0.25) is 0 Å². The summed E-state index contributed by atoms with van der Waals surface area (Å²) in [5, 5.41) is 0. The third-order valence-electron chi connectivity index (χ3n) is 5.09. The van der Waals surface area contributed by atoms with E-state index in [9.17, 15) is 0 Å². The number of rotatable bonds is 3. The van der Waals surface area contributed by atoms with Crippen LogP contribution in [0.4, 0.5) is 5.69 Å². The average Bonchev–Trinajstić information content (AvgIpc) is 2.68. The van der Waals surface area contributed by atoms with Gasteiger partial charge in [-0.1, -0.05) is 30.3 Å². The number of piperazine rings is 1. The summed E-state index contributed by atoms with van der Waals surface area (Å²) < 4.78 is 5.44. The molecule has 0 atom stereocenters. The van der Waals surface area contributed by atoms with Gasteiger partial charge in [0.25, 0.3) is 0 Å². The van der Waals surface area contributed by atoms with Crippen molar-refractivity contribution in [2.45, 2.75) is 12.8 Å². The molecule has 24 heavy (non-hydrogen) atoms. The molecule has 2 aromatic carbocycles. The maximum atomic E-state index is 5.44. The molecule has 1 fully saturated rings. The molecular weight excluding hydrogens is 296 g/mol. The Labute approximate surface area is 144 Å². The Morgan fingerprint density at radius 1 is 0.875 bits per heavy atom. The number of fused-ring (bicyclic) bond motifs is 1. The quantitative estimate of drug-likeness (QED) is 0.855. The van der Waals surface area contributed by atoms with E-state index >= 15 is 0 Å². The van der Waals surface area contributed by atoms with Crippen LogP contribution in [0, 0.1) is 0 Å². The zero-order valence-corrected chi connectivity index (χ0v) is 14.2. The summed E-state index contributed by atoms with van der Waals surface area (Å²) in [6.45, 7) is 4.27. The zero-order chi connectivity index (χ0) is 16.4. The van der Waals surface area contributed by atoms with Gasteiger partial charge in [0.15, 0.2) is 0 Å². The van der Waals surface area contributed by atoms with Gasteiger partial charge in [-0.15, -0.1) is 0 Å². The van der Waals surface area contributed by atoms with Crippen molar-refractivity contribution in [1.29, 1.82) is 0 Å². The number of benzene rings is 2. The maximum Gasteiger partial charge on any atom is 0.119 e. The molecule has 124 valence electrons. The molecule has 0 bridgehead atoms. The standard InChI is InChI=1S/C21H24N2O/c1-24-19-11-10-17-6-5-9-21(20(17)16-19)23-14-12-22(13-15-23)18-7-3-2-4-8-18/h2-4,7-11,16H,5-6,12-15H2,1H3. The van der Waals surface area contributed by atoms with Crippen molar-refractivity contribution in [2.75, 3.05) is 38.2 Å². The van der Waals surface area contributed by atoms with Crippen molar-refractivity contribution >= 4 is 11.4 Å². The lowest BCUT2D eigenvalue weighted by Crippen LogP contribution is -2.45. The second-order valence-electron chi connectivity index (χ2n) is 6.46. The minimum atomic E-state index is 0.949. The van der Waals surface area contributed by atoms with Crippen molar-refractivity contribution in [2.24, 2.45) is 0 Å². The fourth-order valence-corrected chi connectivity index (χ4v) is 3.76. The van der Waals surface area contributed by atoms with E-state index in [0.717, 1.165) is 44.8 Å². The van der Waals surface area contributed by atoms with Gasteiger partial charge in [-0.2, -0.15) is 0 Å². The molecule has 0 N–H and O–H groups in total.